The molecule has 0 radical (unpaired) electrons. The lowest BCUT2D eigenvalue weighted by Crippen LogP contribution is -2.23. The Balaban J connectivity index is 3.25. The van der Waals surface area contributed by atoms with Crippen LogP contribution >= 0.6 is 27.5 Å². The molecule has 1 N–H and O–H groups in total. The Hall–Kier alpha value is -0.100. The lowest BCUT2D eigenvalue weighted by atomic mass is 10.4. The summed E-state index contributed by atoms with van der Waals surface area (Å²) in [6.45, 7) is 2.07. The molecule has 3 nitrogen and oxygen atoms in total. The predicted octanol–water partition coefficient (Wildman–Crippen LogP) is 2.40. The zero-order valence-corrected chi connectivity index (χ0v) is 10.6. The molecule has 0 aliphatic heterocycles. The molecule has 0 heterocycles. The van der Waals surface area contributed by atoms with Crippen LogP contribution in [0.25, 0.3) is 0 Å². The number of rotatable bonds is 3. The van der Waals surface area contributed by atoms with Gasteiger partial charge in [-0.3, -0.25) is 0 Å². The molecule has 0 saturated heterocycles. The maximum atomic E-state index is 11.6. The summed E-state index contributed by atoms with van der Waals surface area (Å²) in [7, 11) is -3.44. The Morgan fingerprint density at radius 2 is 2.14 bits per heavy atom. The van der Waals surface area contributed by atoms with Crippen LogP contribution in [0.1, 0.15) is 6.92 Å². The molecule has 0 aliphatic rings. The van der Waals surface area contributed by atoms with Crippen molar-refractivity contribution in [2.75, 3.05) is 6.54 Å². The van der Waals surface area contributed by atoms with Gasteiger partial charge in [-0.05, 0) is 34.1 Å². The normalized spacial score (nSPS) is 11.6. The van der Waals surface area contributed by atoms with E-state index < -0.39 is 10.0 Å². The van der Waals surface area contributed by atoms with Crippen molar-refractivity contribution in [1.82, 2.24) is 4.72 Å². The molecule has 0 saturated carbocycles. The maximum Gasteiger partial charge on any atom is 0.241 e. The van der Waals surface area contributed by atoms with E-state index in [1.165, 1.54) is 6.07 Å². The van der Waals surface area contributed by atoms with E-state index in [4.69, 9.17) is 11.6 Å². The van der Waals surface area contributed by atoms with Gasteiger partial charge in [-0.2, -0.15) is 0 Å². The first-order valence-corrected chi connectivity index (χ1v) is 6.57. The second kappa shape index (κ2) is 4.61. The highest BCUT2D eigenvalue weighted by Gasteiger charge is 2.16. The van der Waals surface area contributed by atoms with Crippen molar-refractivity contribution in [3.05, 3.63) is 27.7 Å². The third kappa shape index (κ3) is 2.70. The largest absolute Gasteiger partial charge is 0.241 e. The van der Waals surface area contributed by atoms with Crippen molar-refractivity contribution in [2.24, 2.45) is 0 Å². The van der Waals surface area contributed by atoms with E-state index in [1.54, 1.807) is 19.1 Å². The number of benzene rings is 1. The first kappa shape index (κ1) is 12.0. The van der Waals surface area contributed by atoms with E-state index in [2.05, 4.69) is 20.7 Å². The highest BCUT2D eigenvalue weighted by Crippen LogP contribution is 2.24. The Morgan fingerprint density at radius 1 is 1.50 bits per heavy atom. The summed E-state index contributed by atoms with van der Waals surface area (Å²) in [4.78, 5) is 0.159. The SMILES string of the molecule is CCNS(=O)(=O)c1cc(Cl)ccc1Br. The minimum Gasteiger partial charge on any atom is -0.211 e. The van der Waals surface area contributed by atoms with E-state index >= 15 is 0 Å². The standard InChI is InChI=1S/C8H9BrClNO2S/c1-2-11-14(12,13)8-5-6(10)3-4-7(8)9/h3-5,11H,2H2,1H3. The molecule has 1 aromatic carbocycles. The topological polar surface area (TPSA) is 46.2 Å². The van der Waals surface area contributed by atoms with Crippen LogP contribution in [-0.2, 0) is 10.0 Å². The smallest absolute Gasteiger partial charge is 0.211 e. The summed E-state index contributed by atoms with van der Waals surface area (Å²) in [5, 5.41) is 0.393. The van der Waals surface area contributed by atoms with E-state index in [9.17, 15) is 8.42 Å². The van der Waals surface area contributed by atoms with Crippen molar-refractivity contribution >= 4 is 37.6 Å². The molecule has 0 spiro atoms. The van der Waals surface area contributed by atoms with Crippen LogP contribution in [0.2, 0.25) is 5.02 Å². The van der Waals surface area contributed by atoms with Crippen molar-refractivity contribution in [3.63, 3.8) is 0 Å². The predicted molar refractivity (Wildman–Crippen MR) is 60.0 cm³/mol. The number of hydrogen-bond acceptors (Lipinski definition) is 2. The molecule has 1 rings (SSSR count). The minimum absolute atomic E-state index is 0.159. The van der Waals surface area contributed by atoms with Crippen molar-refractivity contribution < 1.29 is 8.42 Å². The van der Waals surface area contributed by atoms with E-state index in [-0.39, 0.29) is 4.90 Å². The zero-order valence-electron chi connectivity index (χ0n) is 7.42. The highest BCUT2D eigenvalue weighted by molar-refractivity contribution is 9.10. The van der Waals surface area contributed by atoms with Gasteiger partial charge in [-0.25, -0.2) is 13.1 Å². The third-order valence-corrected chi connectivity index (χ3v) is 4.29. The lowest BCUT2D eigenvalue weighted by molar-refractivity contribution is 0.583. The van der Waals surface area contributed by atoms with E-state index in [1.807, 2.05) is 0 Å². The molecule has 0 amide bonds. The quantitative estimate of drug-likeness (QED) is 0.931. The van der Waals surface area contributed by atoms with Gasteiger partial charge in [0.25, 0.3) is 0 Å². The van der Waals surface area contributed by atoms with Crippen LogP contribution < -0.4 is 4.72 Å². The summed E-state index contributed by atoms with van der Waals surface area (Å²) in [6, 6.07) is 4.63. The van der Waals surface area contributed by atoms with Crippen molar-refractivity contribution in [2.45, 2.75) is 11.8 Å². The van der Waals surface area contributed by atoms with E-state index in [0.717, 1.165) is 0 Å². The fourth-order valence-electron chi connectivity index (χ4n) is 0.951. The first-order chi connectivity index (χ1) is 6.47. The van der Waals surface area contributed by atoms with Crippen LogP contribution in [0, 0.1) is 0 Å². The molecule has 0 bridgehead atoms. The van der Waals surface area contributed by atoms with Gasteiger partial charge in [0, 0.05) is 16.0 Å². The summed E-state index contributed by atoms with van der Waals surface area (Å²) in [6.07, 6.45) is 0. The Morgan fingerprint density at radius 3 is 2.71 bits per heavy atom. The fraction of sp³-hybridized carbons (Fsp3) is 0.250. The van der Waals surface area contributed by atoms with Crippen LogP contribution in [0.3, 0.4) is 0 Å². The molecule has 0 aliphatic carbocycles. The second-order valence-electron chi connectivity index (χ2n) is 2.58. The molecule has 6 heteroatoms. The van der Waals surface area contributed by atoms with Gasteiger partial charge in [0.1, 0.15) is 0 Å². The number of nitrogens with one attached hydrogen (secondary N) is 1. The highest BCUT2D eigenvalue weighted by atomic mass is 79.9. The second-order valence-corrected chi connectivity index (χ2v) is 5.60. The average molecular weight is 299 g/mol. The van der Waals surface area contributed by atoms with Crippen LogP contribution in [-0.4, -0.2) is 15.0 Å². The van der Waals surface area contributed by atoms with Gasteiger partial charge in [-0.15, -0.1) is 0 Å². The minimum atomic E-state index is -3.44. The van der Waals surface area contributed by atoms with Gasteiger partial charge < -0.3 is 0 Å². The summed E-state index contributed by atoms with van der Waals surface area (Å²) < 4.78 is 26.1. The summed E-state index contributed by atoms with van der Waals surface area (Å²) >= 11 is 8.87. The molecular weight excluding hydrogens is 290 g/mol. The molecule has 0 aromatic heterocycles. The molecule has 0 fully saturated rings. The molecular formula is C8H9BrClNO2S. The Kier molecular flexibility index (Phi) is 3.94. The monoisotopic (exact) mass is 297 g/mol. The molecule has 0 atom stereocenters. The number of halogens is 2. The van der Waals surface area contributed by atoms with Gasteiger partial charge in [0.15, 0.2) is 0 Å². The van der Waals surface area contributed by atoms with Crippen molar-refractivity contribution in [1.29, 1.82) is 0 Å². The zero-order chi connectivity index (χ0) is 10.8. The van der Waals surface area contributed by atoms with E-state index in [0.29, 0.717) is 16.0 Å². The van der Waals surface area contributed by atoms with Crippen LogP contribution in [0.15, 0.2) is 27.6 Å². The summed E-state index contributed by atoms with van der Waals surface area (Å²) in [5.41, 5.74) is 0. The first-order valence-electron chi connectivity index (χ1n) is 3.92. The number of sulfonamides is 1. The molecule has 14 heavy (non-hydrogen) atoms. The van der Waals surface area contributed by atoms with Crippen LogP contribution in [0.5, 0.6) is 0 Å². The van der Waals surface area contributed by atoms with Crippen molar-refractivity contribution in [3.8, 4) is 0 Å². The Bertz CT molecular complexity index is 433. The lowest BCUT2D eigenvalue weighted by Gasteiger charge is -2.06. The Labute approximate surface area is 96.6 Å². The van der Waals surface area contributed by atoms with Crippen LogP contribution in [0.4, 0.5) is 0 Å². The molecule has 0 unspecified atom stereocenters. The summed E-state index contributed by atoms with van der Waals surface area (Å²) in [5.74, 6) is 0. The maximum absolute atomic E-state index is 11.6. The molecule has 1 aromatic rings. The third-order valence-electron chi connectivity index (χ3n) is 1.52. The number of hydrogen-bond donors (Lipinski definition) is 1. The average Bonchev–Trinajstić information content (AvgIpc) is 2.09. The van der Waals surface area contributed by atoms with Gasteiger partial charge in [-0.1, -0.05) is 18.5 Å². The van der Waals surface area contributed by atoms with Gasteiger partial charge in [0.05, 0.1) is 4.90 Å². The van der Waals surface area contributed by atoms with Gasteiger partial charge >= 0.3 is 0 Å². The van der Waals surface area contributed by atoms with Gasteiger partial charge in [0.2, 0.25) is 10.0 Å². The molecule has 78 valence electrons. The fourth-order valence-corrected chi connectivity index (χ4v) is 3.22.